The molecule has 2 N–H and O–H groups in total. The molecule has 1 aliphatic rings. The average molecular weight is 315 g/mol. The molecule has 0 saturated carbocycles. The number of hydrogen-bond donors (Lipinski definition) is 2. The summed E-state index contributed by atoms with van der Waals surface area (Å²) in [7, 11) is 1.34. The van der Waals surface area contributed by atoms with Gasteiger partial charge in [0.05, 0.1) is 17.5 Å². The number of aromatic hydroxyl groups is 1. The number of carbonyl (C=O) groups excluding carboxylic acids is 1. The van der Waals surface area contributed by atoms with Crippen LogP contribution in [0.15, 0.2) is 23.2 Å². The lowest BCUT2D eigenvalue weighted by Crippen LogP contribution is -2.35. The van der Waals surface area contributed by atoms with Gasteiger partial charge in [0, 0.05) is 11.1 Å². The van der Waals surface area contributed by atoms with Gasteiger partial charge < -0.3 is 15.2 Å². The van der Waals surface area contributed by atoms with Gasteiger partial charge in [0.25, 0.3) is 0 Å². The maximum atomic E-state index is 11.7. The second-order valence-electron chi connectivity index (χ2n) is 4.85. The number of carbonyl (C=O) groups is 1. The number of nitrogens with zero attached hydrogens (tertiary/aromatic N) is 1. The van der Waals surface area contributed by atoms with E-state index in [0.29, 0.717) is 15.9 Å². The van der Waals surface area contributed by atoms with Gasteiger partial charge in [-0.25, -0.2) is 9.79 Å². The second kappa shape index (κ2) is 5.54. The summed E-state index contributed by atoms with van der Waals surface area (Å²) >= 11 is 7.20. The van der Waals surface area contributed by atoms with E-state index in [0.717, 1.165) is 0 Å². The first kappa shape index (κ1) is 15.0. The van der Waals surface area contributed by atoms with Gasteiger partial charge in [0.2, 0.25) is 0 Å². The van der Waals surface area contributed by atoms with Gasteiger partial charge in [0.15, 0.2) is 11.2 Å². The van der Waals surface area contributed by atoms with Crippen LogP contribution in [-0.2, 0) is 9.53 Å². The number of benzene rings is 1. The van der Waals surface area contributed by atoms with Crippen molar-refractivity contribution >= 4 is 40.2 Å². The van der Waals surface area contributed by atoms with Crippen molar-refractivity contribution in [2.75, 3.05) is 12.4 Å². The monoisotopic (exact) mass is 314 g/mol. The fraction of sp³-hybridized carbons (Fsp3) is 0.385. The number of anilines is 1. The average Bonchev–Trinajstić information content (AvgIpc) is 2.67. The Bertz CT molecular complexity index is 575. The summed E-state index contributed by atoms with van der Waals surface area (Å²) in [5.74, 6) is -0.347. The Morgan fingerprint density at radius 3 is 2.85 bits per heavy atom. The molecule has 108 valence electrons. The number of hydrogen-bond acceptors (Lipinski definition) is 6. The molecule has 0 spiro atoms. The van der Waals surface area contributed by atoms with Crippen LogP contribution in [0, 0.1) is 0 Å². The van der Waals surface area contributed by atoms with E-state index >= 15 is 0 Å². The van der Waals surface area contributed by atoms with Crippen LogP contribution in [0.1, 0.15) is 13.8 Å². The molecule has 7 heteroatoms. The fourth-order valence-corrected chi connectivity index (χ4v) is 3.08. The van der Waals surface area contributed by atoms with Crippen molar-refractivity contribution in [3.8, 4) is 5.75 Å². The van der Waals surface area contributed by atoms with Gasteiger partial charge in [-0.15, -0.1) is 0 Å². The molecule has 1 heterocycles. The Morgan fingerprint density at radius 2 is 2.25 bits per heavy atom. The molecule has 1 atom stereocenters. The Kier molecular flexibility index (Phi) is 4.15. The van der Waals surface area contributed by atoms with Crippen LogP contribution in [0.25, 0.3) is 0 Å². The number of ether oxygens (including phenoxy) is 1. The highest BCUT2D eigenvalue weighted by Crippen LogP contribution is 2.39. The van der Waals surface area contributed by atoms with Crippen LogP contribution in [-0.4, -0.2) is 34.1 Å². The molecule has 0 saturated heterocycles. The summed E-state index contributed by atoms with van der Waals surface area (Å²) in [6.45, 7) is 3.83. The normalized spacial score (nSPS) is 20.4. The van der Waals surface area contributed by atoms with Crippen molar-refractivity contribution in [3.63, 3.8) is 0 Å². The topological polar surface area (TPSA) is 70.9 Å². The Balaban J connectivity index is 2.20. The third-order valence-electron chi connectivity index (χ3n) is 2.89. The van der Waals surface area contributed by atoms with Crippen molar-refractivity contribution in [2.24, 2.45) is 4.99 Å². The largest absolute Gasteiger partial charge is 0.506 e. The number of esters is 1. The van der Waals surface area contributed by atoms with Crippen LogP contribution in [0.5, 0.6) is 5.75 Å². The smallest absolute Gasteiger partial charge is 0.332 e. The Labute approximate surface area is 126 Å². The Morgan fingerprint density at radius 1 is 1.55 bits per heavy atom. The Hall–Kier alpha value is -1.40. The van der Waals surface area contributed by atoms with E-state index in [-0.39, 0.29) is 11.7 Å². The van der Waals surface area contributed by atoms with Crippen molar-refractivity contribution in [1.29, 1.82) is 0 Å². The second-order valence-corrected chi connectivity index (χ2v) is 6.93. The highest BCUT2D eigenvalue weighted by molar-refractivity contribution is 8.15. The molecular weight excluding hydrogens is 300 g/mol. The van der Waals surface area contributed by atoms with Gasteiger partial charge in [-0.1, -0.05) is 23.4 Å². The molecule has 0 aliphatic carbocycles. The molecule has 0 fully saturated rings. The number of amidine groups is 1. The number of nitrogens with one attached hydrogen (secondary N) is 1. The standard InChI is InChI=1S/C13H15ClN2O3S/c1-13(2)10(11(18)19-3)16-12(20-13)15-8-5-4-7(14)6-9(8)17/h4-6,10,17H,1-3H3,(H,15,16)/t10-/m0/s1. The van der Waals surface area contributed by atoms with Crippen LogP contribution in [0.2, 0.25) is 5.02 Å². The zero-order valence-corrected chi connectivity index (χ0v) is 12.9. The predicted molar refractivity (Wildman–Crippen MR) is 81.6 cm³/mol. The number of rotatable bonds is 2. The fourth-order valence-electron chi connectivity index (χ4n) is 1.84. The molecule has 0 amide bonds. The summed E-state index contributed by atoms with van der Waals surface area (Å²) in [6, 6.07) is 4.17. The van der Waals surface area contributed by atoms with E-state index in [2.05, 4.69) is 10.3 Å². The van der Waals surface area contributed by atoms with E-state index < -0.39 is 10.8 Å². The maximum absolute atomic E-state index is 11.7. The highest BCUT2D eigenvalue weighted by atomic mass is 35.5. The third kappa shape index (κ3) is 3.02. The minimum Gasteiger partial charge on any atom is -0.506 e. The molecular formula is C13H15ClN2O3S. The SMILES string of the molecule is COC(=O)[C@@H]1N=C(Nc2ccc(Cl)cc2O)SC1(C)C. The molecule has 0 bridgehead atoms. The molecule has 1 aromatic rings. The van der Waals surface area contributed by atoms with E-state index in [4.69, 9.17) is 16.3 Å². The zero-order valence-electron chi connectivity index (χ0n) is 11.3. The summed E-state index contributed by atoms with van der Waals surface area (Å²) in [4.78, 5) is 16.0. The minimum atomic E-state index is -0.575. The van der Waals surface area contributed by atoms with Gasteiger partial charge >= 0.3 is 5.97 Å². The van der Waals surface area contributed by atoms with E-state index in [1.54, 1.807) is 12.1 Å². The van der Waals surface area contributed by atoms with E-state index in [1.165, 1.54) is 24.9 Å². The lowest BCUT2D eigenvalue weighted by atomic mass is 10.0. The molecule has 1 aromatic carbocycles. The molecule has 1 aliphatic heterocycles. The van der Waals surface area contributed by atoms with Crippen LogP contribution in [0.3, 0.4) is 0 Å². The van der Waals surface area contributed by atoms with Crippen molar-refractivity contribution in [1.82, 2.24) is 0 Å². The lowest BCUT2D eigenvalue weighted by molar-refractivity contribution is -0.142. The van der Waals surface area contributed by atoms with Gasteiger partial charge in [0.1, 0.15) is 5.75 Å². The number of methoxy groups -OCH3 is 1. The minimum absolute atomic E-state index is 0.0279. The van der Waals surface area contributed by atoms with Gasteiger partial charge in [-0.2, -0.15) is 0 Å². The quantitative estimate of drug-likeness (QED) is 0.649. The van der Waals surface area contributed by atoms with Crippen LogP contribution < -0.4 is 5.32 Å². The summed E-state index contributed by atoms with van der Waals surface area (Å²) in [6.07, 6.45) is 0. The third-order valence-corrected chi connectivity index (χ3v) is 4.28. The zero-order chi connectivity index (χ0) is 14.9. The molecule has 0 aromatic heterocycles. The van der Waals surface area contributed by atoms with Crippen LogP contribution >= 0.6 is 23.4 Å². The molecule has 5 nitrogen and oxygen atoms in total. The molecule has 2 rings (SSSR count). The molecule has 20 heavy (non-hydrogen) atoms. The van der Waals surface area contributed by atoms with E-state index in [1.807, 2.05) is 13.8 Å². The number of thioether (sulfide) groups is 1. The van der Waals surface area contributed by atoms with Crippen LogP contribution in [0.4, 0.5) is 5.69 Å². The highest BCUT2D eigenvalue weighted by Gasteiger charge is 2.43. The summed E-state index contributed by atoms with van der Waals surface area (Å²) in [5.41, 5.74) is 0.488. The number of phenolic OH excluding ortho intramolecular Hbond substituents is 1. The maximum Gasteiger partial charge on any atom is 0.332 e. The first-order valence-electron chi connectivity index (χ1n) is 5.93. The van der Waals surface area contributed by atoms with Crippen molar-refractivity contribution in [2.45, 2.75) is 24.6 Å². The van der Waals surface area contributed by atoms with E-state index in [9.17, 15) is 9.90 Å². The first-order valence-corrected chi connectivity index (χ1v) is 7.13. The number of aliphatic imine (C=N–C) groups is 1. The van der Waals surface area contributed by atoms with Crippen molar-refractivity contribution in [3.05, 3.63) is 23.2 Å². The lowest BCUT2D eigenvalue weighted by Gasteiger charge is -2.21. The number of phenols is 1. The number of halogens is 1. The molecule has 0 unspecified atom stereocenters. The van der Waals surface area contributed by atoms with Gasteiger partial charge in [-0.05, 0) is 26.0 Å². The summed E-state index contributed by atoms with van der Waals surface area (Å²) in [5, 5.41) is 13.8. The van der Waals surface area contributed by atoms with Gasteiger partial charge in [-0.3, -0.25) is 0 Å². The summed E-state index contributed by atoms with van der Waals surface area (Å²) < 4.78 is 4.35. The van der Waals surface area contributed by atoms with Crippen molar-refractivity contribution < 1.29 is 14.6 Å². The first-order chi connectivity index (χ1) is 9.33. The molecule has 0 radical (unpaired) electrons. The predicted octanol–water partition coefficient (Wildman–Crippen LogP) is 2.88.